The molecule has 0 spiro atoms. The molecule has 0 radical (unpaired) electrons. The van der Waals surface area contributed by atoms with Crippen molar-refractivity contribution >= 4 is 0 Å². The Labute approximate surface area is 105 Å². The summed E-state index contributed by atoms with van der Waals surface area (Å²) in [6.45, 7) is 7.60. The normalized spacial score (nSPS) is 17.4. The summed E-state index contributed by atoms with van der Waals surface area (Å²) in [5.74, 6) is 0.937. The molecule has 1 fully saturated rings. The van der Waals surface area contributed by atoms with Crippen LogP contribution in [0.15, 0.2) is 0 Å². The standard InChI is InChI=1S/C14H25N3/c1-5-15-14(12-6-7-12)9-8-13-10(2)16-17(4)11(13)3/h12,14-15H,5-9H2,1-4H3. The molecular weight excluding hydrogens is 210 g/mol. The van der Waals surface area contributed by atoms with E-state index in [2.05, 4.69) is 31.2 Å². The molecule has 2 rings (SSSR count). The molecule has 3 nitrogen and oxygen atoms in total. The van der Waals surface area contributed by atoms with Crippen LogP contribution < -0.4 is 5.32 Å². The molecule has 1 atom stereocenters. The minimum atomic E-state index is 0.721. The van der Waals surface area contributed by atoms with E-state index in [4.69, 9.17) is 0 Å². The summed E-state index contributed by atoms with van der Waals surface area (Å²) < 4.78 is 2.00. The molecule has 0 saturated heterocycles. The van der Waals surface area contributed by atoms with E-state index >= 15 is 0 Å². The van der Waals surface area contributed by atoms with Crippen molar-refractivity contribution in [1.82, 2.24) is 15.1 Å². The molecule has 1 aromatic rings. The van der Waals surface area contributed by atoms with Gasteiger partial charge >= 0.3 is 0 Å². The zero-order valence-corrected chi connectivity index (χ0v) is 11.6. The van der Waals surface area contributed by atoms with Crippen LogP contribution in [0.1, 0.15) is 43.1 Å². The molecule has 1 N–H and O–H groups in total. The van der Waals surface area contributed by atoms with Crippen molar-refractivity contribution in [2.75, 3.05) is 6.54 Å². The Balaban J connectivity index is 1.95. The molecule has 0 bridgehead atoms. The zero-order valence-electron chi connectivity index (χ0n) is 11.6. The third kappa shape index (κ3) is 2.89. The molecule has 96 valence electrons. The Morgan fingerprint density at radius 2 is 2.12 bits per heavy atom. The first kappa shape index (κ1) is 12.6. The molecule has 0 amide bonds. The summed E-state index contributed by atoms with van der Waals surface area (Å²) in [6.07, 6.45) is 5.26. The predicted molar refractivity (Wildman–Crippen MR) is 71.2 cm³/mol. The van der Waals surface area contributed by atoms with E-state index < -0.39 is 0 Å². The Bertz CT molecular complexity index is 377. The maximum atomic E-state index is 4.49. The number of hydrogen-bond donors (Lipinski definition) is 1. The van der Waals surface area contributed by atoms with Crippen molar-refractivity contribution < 1.29 is 0 Å². The van der Waals surface area contributed by atoms with Crippen LogP contribution in [0.2, 0.25) is 0 Å². The van der Waals surface area contributed by atoms with E-state index in [1.54, 1.807) is 0 Å². The van der Waals surface area contributed by atoms with E-state index in [9.17, 15) is 0 Å². The Morgan fingerprint density at radius 1 is 1.41 bits per heavy atom. The molecule has 1 heterocycles. The number of hydrogen-bond acceptors (Lipinski definition) is 2. The van der Waals surface area contributed by atoms with Crippen molar-refractivity contribution in [2.45, 2.75) is 52.5 Å². The first-order chi connectivity index (χ1) is 8.13. The topological polar surface area (TPSA) is 29.9 Å². The minimum Gasteiger partial charge on any atom is -0.314 e. The van der Waals surface area contributed by atoms with E-state index in [1.807, 2.05) is 11.7 Å². The van der Waals surface area contributed by atoms with Crippen molar-refractivity contribution in [3.8, 4) is 0 Å². The van der Waals surface area contributed by atoms with E-state index in [1.165, 1.54) is 42.6 Å². The monoisotopic (exact) mass is 235 g/mol. The lowest BCUT2D eigenvalue weighted by Gasteiger charge is -2.17. The molecule has 1 aliphatic carbocycles. The molecule has 1 aromatic heterocycles. The second-order valence-electron chi connectivity index (χ2n) is 5.31. The lowest BCUT2D eigenvalue weighted by atomic mass is 10.0. The average Bonchev–Trinajstić information content (AvgIpc) is 3.07. The molecule has 1 aliphatic rings. The van der Waals surface area contributed by atoms with Crippen LogP contribution >= 0.6 is 0 Å². The summed E-state index contributed by atoms with van der Waals surface area (Å²) in [5.41, 5.74) is 3.99. The largest absolute Gasteiger partial charge is 0.314 e. The van der Waals surface area contributed by atoms with Crippen LogP contribution in [0.4, 0.5) is 0 Å². The molecule has 0 aliphatic heterocycles. The molecule has 1 saturated carbocycles. The van der Waals surface area contributed by atoms with Gasteiger partial charge in [-0.1, -0.05) is 6.92 Å². The quantitative estimate of drug-likeness (QED) is 0.820. The average molecular weight is 235 g/mol. The van der Waals surface area contributed by atoms with Crippen molar-refractivity contribution in [3.05, 3.63) is 17.0 Å². The van der Waals surface area contributed by atoms with Crippen molar-refractivity contribution in [3.63, 3.8) is 0 Å². The number of aromatic nitrogens is 2. The maximum Gasteiger partial charge on any atom is 0.0628 e. The number of nitrogens with zero attached hydrogens (tertiary/aromatic N) is 2. The number of rotatable bonds is 6. The van der Waals surface area contributed by atoms with Gasteiger partial charge in [0.15, 0.2) is 0 Å². The van der Waals surface area contributed by atoms with Gasteiger partial charge in [-0.05, 0) is 57.6 Å². The summed E-state index contributed by atoms with van der Waals surface area (Å²) in [6, 6.07) is 0.721. The second kappa shape index (κ2) is 5.21. The molecule has 17 heavy (non-hydrogen) atoms. The van der Waals surface area contributed by atoms with Crippen molar-refractivity contribution in [2.24, 2.45) is 13.0 Å². The highest BCUT2D eigenvalue weighted by molar-refractivity contribution is 5.24. The smallest absolute Gasteiger partial charge is 0.0628 e. The molecule has 3 heteroatoms. The van der Waals surface area contributed by atoms with Gasteiger partial charge in [-0.15, -0.1) is 0 Å². The number of aryl methyl sites for hydroxylation is 2. The lowest BCUT2D eigenvalue weighted by molar-refractivity contribution is 0.445. The lowest BCUT2D eigenvalue weighted by Crippen LogP contribution is -2.31. The first-order valence-corrected chi connectivity index (χ1v) is 6.86. The van der Waals surface area contributed by atoms with Crippen molar-refractivity contribution in [1.29, 1.82) is 0 Å². The van der Waals surface area contributed by atoms with Crippen LogP contribution in [0.25, 0.3) is 0 Å². The highest BCUT2D eigenvalue weighted by Gasteiger charge is 2.30. The van der Waals surface area contributed by atoms with Crippen LogP contribution in [0.5, 0.6) is 0 Å². The van der Waals surface area contributed by atoms with Crippen LogP contribution in [-0.2, 0) is 13.5 Å². The van der Waals surface area contributed by atoms with Gasteiger partial charge in [0.05, 0.1) is 5.69 Å². The highest BCUT2D eigenvalue weighted by Crippen LogP contribution is 2.34. The fourth-order valence-electron chi connectivity index (χ4n) is 2.74. The predicted octanol–water partition coefficient (Wildman–Crippen LogP) is 2.36. The van der Waals surface area contributed by atoms with Gasteiger partial charge in [0.2, 0.25) is 0 Å². The Morgan fingerprint density at radius 3 is 2.59 bits per heavy atom. The van der Waals surface area contributed by atoms with Gasteiger partial charge in [0.25, 0.3) is 0 Å². The van der Waals surface area contributed by atoms with Crippen LogP contribution in [-0.4, -0.2) is 22.4 Å². The van der Waals surface area contributed by atoms with Gasteiger partial charge in [-0.2, -0.15) is 5.10 Å². The summed E-state index contributed by atoms with van der Waals surface area (Å²) in [5, 5.41) is 8.12. The highest BCUT2D eigenvalue weighted by atomic mass is 15.3. The SMILES string of the molecule is CCNC(CCc1c(C)nn(C)c1C)C1CC1. The second-order valence-corrected chi connectivity index (χ2v) is 5.31. The van der Waals surface area contributed by atoms with Crippen LogP contribution in [0, 0.1) is 19.8 Å². The molecular formula is C14H25N3. The van der Waals surface area contributed by atoms with Gasteiger partial charge in [0.1, 0.15) is 0 Å². The third-order valence-corrected chi connectivity index (χ3v) is 4.02. The fourth-order valence-corrected chi connectivity index (χ4v) is 2.74. The first-order valence-electron chi connectivity index (χ1n) is 6.86. The summed E-state index contributed by atoms with van der Waals surface area (Å²) >= 11 is 0. The van der Waals surface area contributed by atoms with E-state index in [-0.39, 0.29) is 0 Å². The molecule has 0 aromatic carbocycles. The third-order valence-electron chi connectivity index (χ3n) is 4.02. The minimum absolute atomic E-state index is 0.721. The van der Waals surface area contributed by atoms with E-state index in [0.717, 1.165) is 18.5 Å². The fraction of sp³-hybridized carbons (Fsp3) is 0.786. The number of nitrogens with one attached hydrogen (secondary N) is 1. The van der Waals surface area contributed by atoms with Gasteiger partial charge in [0, 0.05) is 18.8 Å². The van der Waals surface area contributed by atoms with Gasteiger partial charge < -0.3 is 5.32 Å². The van der Waals surface area contributed by atoms with Gasteiger partial charge in [-0.3, -0.25) is 4.68 Å². The molecule has 1 unspecified atom stereocenters. The van der Waals surface area contributed by atoms with E-state index in [0.29, 0.717) is 0 Å². The zero-order chi connectivity index (χ0) is 12.4. The van der Waals surface area contributed by atoms with Crippen LogP contribution in [0.3, 0.4) is 0 Å². The maximum absolute atomic E-state index is 4.49. The Kier molecular flexibility index (Phi) is 3.87. The van der Waals surface area contributed by atoms with Gasteiger partial charge in [-0.25, -0.2) is 0 Å². The Hall–Kier alpha value is -0.830. The summed E-state index contributed by atoms with van der Waals surface area (Å²) in [4.78, 5) is 0. The summed E-state index contributed by atoms with van der Waals surface area (Å²) in [7, 11) is 2.04.